The molecule has 0 fully saturated rings. The van der Waals surface area contributed by atoms with Crippen LogP contribution in [0.15, 0.2) is 43.5 Å². The van der Waals surface area contributed by atoms with Crippen LogP contribution in [0.1, 0.15) is 17.0 Å². The third-order valence-corrected chi connectivity index (χ3v) is 2.78. The van der Waals surface area contributed by atoms with Crippen LogP contribution >= 0.6 is 0 Å². The van der Waals surface area contributed by atoms with Crippen molar-refractivity contribution >= 4 is 5.69 Å². The molecule has 0 spiro atoms. The Morgan fingerprint density at radius 1 is 1.29 bits per heavy atom. The zero-order valence-electron chi connectivity index (χ0n) is 8.46. The molecular weight excluding hydrogens is 170 g/mol. The summed E-state index contributed by atoms with van der Waals surface area (Å²) in [5.41, 5.74) is 3.84. The highest BCUT2D eigenvalue weighted by Gasteiger charge is 2.27. The van der Waals surface area contributed by atoms with E-state index in [2.05, 4.69) is 43.6 Å². The van der Waals surface area contributed by atoms with Gasteiger partial charge in [0.05, 0.1) is 6.04 Å². The van der Waals surface area contributed by atoms with E-state index in [0.717, 1.165) is 0 Å². The van der Waals surface area contributed by atoms with E-state index in [-0.39, 0.29) is 0 Å². The molecule has 1 nitrogen and oxygen atoms in total. The minimum absolute atomic E-state index is 0.296. The van der Waals surface area contributed by atoms with E-state index in [0.29, 0.717) is 12.0 Å². The van der Waals surface area contributed by atoms with Crippen LogP contribution in [0.5, 0.6) is 0 Å². The Labute approximate surface area is 85.2 Å². The molecule has 0 amide bonds. The molecule has 0 aliphatic carbocycles. The van der Waals surface area contributed by atoms with Gasteiger partial charge < -0.3 is 5.32 Å². The summed E-state index contributed by atoms with van der Waals surface area (Å²) in [6.45, 7) is 9.83. The maximum absolute atomic E-state index is 3.88. The summed E-state index contributed by atoms with van der Waals surface area (Å²) >= 11 is 0. The summed E-state index contributed by atoms with van der Waals surface area (Å²) in [5, 5.41) is 3.42. The first-order valence-corrected chi connectivity index (χ1v) is 4.88. The average Bonchev–Trinajstić information content (AvgIpc) is 2.54. The smallest absolute Gasteiger partial charge is 0.0545 e. The van der Waals surface area contributed by atoms with Gasteiger partial charge in [0.2, 0.25) is 0 Å². The second-order valence-corrected chi connectivity index (χ2v) is 3.76. The Morgan fingerprint density at radius 3 is 2.71 bits per heavy atom. The minimum atomic E-state index is 0.296. The highest BCUT2D eigenvalue weighted by molar-refractivity contribution is 5.62. The van der Waals surface area contributed by atoms with Crippen LogP contribution in [0, 0.1) is 6.92 Å². The molecule has 0 saturated carbocycles. The van der Waals surface area contributed by atoms with Gasteiger partial charge in [0.25, 0.3) is 0 Å². The van der Waals surface area contributed by atoms with Crippen LogP contribution in [0.3, 0.4) is 0 Å². The van der Waals surface area contributed by atoms with Crippen LogP contribution in [0.2, 0.25) is 0 Å². The van der Waals surface area contributed by atoms with Crippen molar-refractivity contribution in [2.24, 2.45) is 0 Å². The van der Waals surface area contributed by atoms with E-state index in [4.69, 9.17) is 0 Å². The van der Waals surface area contributed by atoms with E-state index in [1.807, 2.05) is 12.2 Å². The third-order valence-electron chi connectivity index (χ3n) is 2.78. The van der Waals surface area contributed by atoms with Gasteiger partial charge in [0.1, 0.15) is 0 Å². The third kappa shape index (κ3) is 1.25. The summed E-state index contributed by atoms with van der Waals surface area (Å²) in [6, 6.07) is 6.77. The fourth-order valence-electron chi connectivity index (χ4n) is 2.03. The van der Waals surface area contributed by atoms with Gasteiger partial charge in [0.15, 0.2) is 0 Å². The lowest BCUT2D eigenvalue weighted by Crippen LogP contribution is -2.15. The minimum Gasteiger partial charge on any atom is -0.378 e. The van der Waals surface area contributed by atoms with Crippen molar-refractivity contribution in [2.45, 2.75) is 18.9 Å². The zero-order valence-corrected chi connectivity index (χ0v) is 8.46. The number of hydrogen-bond donors (Lipinski definition) is 1. The SMILES string of the molecule is C=CC1Nc2ccc(C)cc2C1C=C. The number of rotatable bonds is 2. The number of aryl methyl sites for hydroxylation is 1. The average molecular weight is 185 g/mol. The molecule has 2 rings (SSSR count). The molecule has 14 heavy (non-hydrogen) atoms. The van der Waals surface area contributed by atoms with Crippen molar-refractivity contribution in [3.8, 4) is 0 Å². The molecule has 1 aliphatic rings. The Balaban J connectivity index is 2.48. The maximum atomic E-state index is 3.88. The maximum Gasteiger partial charge on any atom is 0.0545 e. The predicted molar refractivity (Wildman–Crippen MR) is 61.7 cm³/mol. The lowest BCUT2D eigenvalue weighted by atomic mass is 9.94. The molecule has 0 radical (unpaired) electrons. The molecule has 0 aromatic heterocycles. The first-order chi connectivity index (χ1) is 6.76. The largest absolute Gasteiger partial charge is 0.378 e. The Morgan fingerprint density at radius 2 is 2.07 bits per heavy atom. The van der Waals surface area contributed by atoms with Gasteiger partial charge in [-0.15, -0.1) is 13.2 Å². The second kappa shape index (κ2) is 3.33. The van der Waals surface area contributed by atoms with Crippen molar-refractivity contribution in [1.82, 2.24) is 0 Å². The topological polar surface area (TPSA) is 12.0 Å². The lowest BCUT2D eigenvalue weighted by Gasteiger charge is -2.11. The van der Waals surface area contributed by atoms with Gasteiger partial charge in [-0.2, -0.15) is 0 Å². The Hall–Kier alpha value is -1.50. The number of hydrogen-bond acceptors (Lipinski definition) is 1. The molecule has 2 unspecified atom stereocenters. The summed E-state index contributed by atoms with van der Waals surface area (Å²) in [7, 11) is 0. The lowest BCUT2D eigenvalue weighted by molar-refractivity contribution is 0.817. The van der Waals surface area contributed by atoms with Gasteiger partial charge in [-0.3, -0.25) is 0 Å². The molecule has 1 heteroatoms. The van der Waals surface area contributed by atoms with Crippen molar-refractivity contribution in [3.05, 3.63) is 54.6 Å². The summed E-state index contributed by atoms with van der Waals surface area (Å²) in [6.07, 6.45) is 3.94. The quantitative estimate of drug-likeness (QED) is 0.697. The molecule has 2 atom stereocenters. The van der Waals surface area contributed by atoms with E-state index >= 15 is 0 Å². The molecule has 1 aliphatic heterocycles. The van der Waals surface area contributed by atoms with Crippen LogP contribution in [-0.4, -0.2) is 6.04 Å². The van der Waals surface area contributed by atoms with Gasteiger partial charge in [-0.25, -0.2) is 0 Å². The van der Waals surface area contributed by atoms with Gasteiger partial charge >= 0.3 is 0 Å². The fraction of sp³-hybridized carbons (Fsp3) is 0.231. The first kappa shape index (κ1) is 9.07. The highest BCUT2D eigenvalue weighted by Crippen LogP contribution is 2.37. The predicted octanol–water partition coefficient (Wildman–Crippen LogP) is 3.24. The molecular formula is C13H15N. The number of anilines is 1. The van der Waals surface area contributed by atoms with Crippen molar-refractivity contribution < 1.29 is 0 Å². The van der Waals surface area contributed by atoms with Gasteiger partial charge in [-0.1, -0.05) is 29.8 Å². The molecule has 1 aromatic rings. The van der Waals surface area contributed by atoms with Crippen LogP contribution in [-0.2, 0) is 0 Å². The first-order valence-electron chi connectivity index (χ1n) is 4.88. The Kier molecular flexibility index (Phi) is 2.16. The van der Waals surface area contributed by atoms with Gasteiger partial charge in [-0.05, 0) is 18.6 Å². The van der Waals surface area contributed by atoms with E-state index in [9.17, 15) is 0 Å². The second-order valence-electron chi connectivity index (χ2n) is 3.76. The van der Waals surface area contributed by atoms with Crippen LogP contribution in [0.25, 0.3) is 0 Å². The molecule has 0 saturated heterocycles. The number of fused-ring (bicyclic) bond motifs is 1. The monoisotopic (exact) mass is 185 g/mol. The molecule has 1 heterocycles. The van der Waals surface area contributed by atoms with Crippen molar-refractivity contribution in [1.29, 1.82) is 0 Å². The normalized spacial score (nSPS) is 23.8. The zero-order chi connectivity index (χ0) is 10.1. The molecule has 1 aromatic carbocycles. The van der Waals surface area contributed by atoms with Crippen molar-refractivity contribution in [2.75, 3.05) is 5.32 Å². The summed E-state index contributed by atoms with van der Waals surface area (Å²) < 4.78 is 0. The van der Waals surface area contributed by atoms with E-state index in [1.54, 1.807) is 0 Å². The van der Waals surface area contributed by atoms with Crippen LogP contribution in [0.4, 0.5) is 5.69 Å². The molecule has 72 valence electrons. The number of nitrogens with one attached hydrogen (secondary N) is 1. The fourth-order valence-corrected chi connectivity index (χ4v) is 2.03. The van der Waals surface area contributed by atoms with Gasteiger partial charge in [0, 0.05) is 11.6 Å². The summed E-state index contributed by atoms with van der Waals surface area (Å²) in [4.78, 5) is 0. The van der Waals surface area contributed by atoms with E-state index in [1.165, 1.54) is 16.8 Å². The standard InChI is InChI=1S/C13H15N/c1-4-10-11-8-9(3)6-7-13(11)14-12(10)5-2/h4-8,10,12,14H,1-2H2,3H3. The summed E-state index contributed by atoms with van der Waals surface area (Å²) in [5.74, 6) is 0.363. The van der Waals surface area contributed by atoms with Crippen molar-refractivity contribution in [3.63, 3.8) is 0 Å². The molecule has 1 N–H and O–H groups in total. The van der Waals surface area contributed by atoms with E-state index < -0.39 is 0 Å². The highest BCUT2D eigenvalue weighted by atomic mass is 15.0. The number of benzene rings is 1. The molecule has 0 bridgehead atoms. The van der Waals surface area contributed by atoms with Crippen LogP contribution < -0.4 is 5.32 Å². The Bertz CT molecular complexity index is 379.